The number of ether oxygens (including phenoxy) is 2. The topological polar surface area (TPSA) is 30.5 Å². The van der Waals surface area contributed by atoms with Gasteiger partial charge < -0.3 is 14.8 Å². The summed E-state index contributed by atoms with van der Waals surface area (Å²) in [6.07, 6.45) is 9.11. The van der Waals surface area contributed by atoms with E-state index < -0.39 is 0 Å². The van der Waals surface area contributed by atoms with Gasteiger partial charge in [-0.3, -0.25) is 0 Å². The first-order valence-electron chi connectivity index (χ1n) is 7.55. The molecule has 1 aromatic carbocycles. The highest BCUT2D eigenvalue weighted by Gasteiger charge is 2.16. The second-order valence-corrected chi connectivity index (χ2v) is 5.14. The van der Waals surface area contributed by atoms with Crippen LogP contribution in [0.2, 0.25) is 0 Å². The molecule has 0 amide bonds. The fourth-order valence-electron chi connectivity index (χ4n) is 2.43. The van der Waals surface area contributed by atoms with Gasteiger partial charge in [0, 0.05) is 12.1 Å². The zero-order valence-corrected chi connectivity index (χ0v) is 12.5. The molecule has 1 atom stereocenters. The third-order valence-corrected chi connectivity index (χ3v) is 3.50. The third kappa shape index (κ3) is 4.01. The molecule has 0 radical (unpaired) electrons. The molecule has 110 valence electrons. The van der Waals surface area contributed by atoms with E-state index in [1.807, 2.05) is 12.1 Å². The van der Waals surface area contributed by atoms with Gasteiger partial charge in [-0.25, -0.2) is 0 Å². The highest BCUT2D eigenvalue weighted by molar-refractivity contribution is 5.47. The van der Waals surface area contributed by atoms with Crippen molar-refractivity contribution in [1.82, 2.24) is 5.32 Å². The molecule has 0 bridgehead atoms. The highest BCUT2D eigenvalue weighted by atomic mass is 16.5. The van der Waals surface area contributed by atoms with Gasteiger partial charge in [-0.1, -0.05) is 25.1 Å². The Kier molecular flexibility index (Phi) is 5.93. The molecule has 1 N–H and O–H groups in total. The van der Waals surface area contributed by atoms with Gasteiger partial charge in [0.25, 0.3) is 0 Å². The first kappa shape index (κ1) is 14.9. The number of methoxy groups -OCH3 is 1. The molecule has 3 heteroatoms. The Morgan fingerprint density at radius 1 is 1.35 bits per heavy atom. The standard InChI is InChI=1S/C17H25NO2/c1-3-12-18-13-14-8-7-11-16(19-2)17(14)20-15-9-5-4-6-10-15/h5,7-9,11,15,18H,3-4,6,10,12-13H2,1-2H3. The van der Waals surface area contributed by atoms with Crippen molar-refractivity contribution in [3.8, 4) is 11.5 Å². The second-order valence-electron chi connectivity index (χ2n) is 5.14. The van der Waals surface area contributed by atoms with Crippen LogP contribution in [0.5, 0.6) is 11.5 Å². The van der Waals surface area contributed by atoms with Crippen molar-refractivity contribution in [1.29, 1.82) is 0 Å². The summed E-state index contributed by atoms with van der Waals surface area (Å²) in [5, 5.41) is 3.43. The number of hydrogen-bond donors (Lipinski definition) is 1. The van der Waals surface area contributed by atoms with Crippen LogP contribution in [0.1, 0.15) is 38.2 Å². The van der Waals surface area contributed by atoms with Crippen LogP contribution in [-0.2, 0) is 6.54 Å². The van der Waals surface area contributed by atoms with Crippen LogP contribution in [0.3, 0.4) is 0 Å². The number of para-hydroxylation sites is 1. The van der Waals surface area contributed by atoms with E-state index in [1.165, 1.54) is 6.42 Å². The normalized spacial score (nSPS) is 18.0. The van der Waals surface area contributed by atoms with Gasteiger partial charge in [0.05, 0.1) is 7.11 Å². The van der Waals surface area contributed by atoms with E-state index in [4.69, 9.17) is 9.47 Å². The summed E-state index contributed by atoms with van der Waals surface area (Å²) in [4.78, 5) is 0. The molecule has 1 aliphatic rings. The van der Waals surface area contributed by atoms with Crippen molar-refractivity contribution in [3.05, 3.63) is 35.9 Å². The summed E-state index contributed by atoms with van der Waals surface area (Å²) < 4.78 is 11.6. The SMILES string of the molecule is CCCNCc1cccc(OC)c1OC1C=CCCC1. The summed E-state index contributed by atoms with van der Waals surface area (Å²) in [5.41, 5.74) is 1.16. The first-order valence-corrected chi connectivity index (χ1v) is 7.55. The smallest absolute Gasteiger partial charge is 0.166 e. The summed E-state index contributed by atoms with van der Waals surface area (Å²) >= 11 is 0. The second kappa shape index (κ2) is 7.95. The van der Waals surface area contributed by atoms with Crippen LogP contribution < -0.4 is 14.8 Å². The Hall–Kier alpha value is -1.48. The molecule has 0 saturated heterocycles. The van der Waals surface area contributed by atoms with Gasteiger partial charge in [0.2, 0.25) is 0 Å². The van der Waals surface area contributed by atoms with Crippen LogP contribution in [0.15, 0.2) is 30.4 Å². The molecule has 0 spiro atoms. The molecule has 3 nitrogen and oxygen atoms in total. The summed E-state index contributed by atoms with van der Waals surface area (Å²) in [6.45, 7) is 4.00. The molecule has 0 heterocycles. The van der Waals surface area contributed by atoms with Crippen LogP contribution in [0.4, 0.5) is 0 Å². The van der Waals surface area contributed by atoms with Crippen molar-refractivity contribution in [2.45, 2.75) is 45.3 Å². The molecule has 0 saturated carbocycles. The molecule has 1 aliphatic carbocycles. The summed E-state index contributed by atoms with van der Waals surface area (Å²) in [7, 11) is 1.70. The Morgan fingerprint density at radius 3 is 2.95 bits per heavy atom. The number of nitrogens with one attached hydrogen (secondary N) is 1. The quantitative estimate of drug-likeness (QED) is 0.608. The molecule has 1 unspecified atom stereocenters. The number of rotatable bonds is 7. The highest BCUT2D eigenvalue weighted by Crippen LogP contribution is 2.33. The maximum absolute atomic E-state index is 6.19. The van der Waals surface area contributed by atoms with Crippen molar-refractivity contribution in [2.24, 2.45) is 0 Å². The fourth-order valence-corrected chi connectivity index (χ4v) is 2.43. The van der Waals surface area contributed by atoms with E-state index in [2.05, 4.69) is 30.5 Å². The lowest BCUT2D eigenvalue weighted by Crippen LogP contribution is -2.19. The lowest BCUT2D eigenvalue weighted by molar-refractivity contribution is 0.216. The maximum atomic E-state index is 6.19. The zero-order chi connectivity index (χ0) is 14.2. The van der Waals surface area contributed by atoms with E-state index in [-0.39, 0.29) is 6.10 Å². The molecular weight excluding hydrogens is 250 g/mol. The minimum absolute atomic E-state index is 0.171. The molecule has 2 rings (SSSR count). The number of hydrogen-bond acceptors (Lipinski definition) is 3. The molecular formula is C17H25NO2. The van der Waals surface area contributed by atoms with E-state index >= 15 is 0 Å². The average molecular weight is 275 g/mol. The predicted molar refractivity (Wildman–Crippen MR) is 82.4 cm³/mol. The van der Waals surface area contributed by atoms with Crippen LogP contribution in [0, 0.1) is 0 Å². The summed E-state index contributed by atoms with van der Waals surface area (Å²) in [5.74, 6) is 1.70. The maximum Gasteiger partial charge on any atom is 0.166 e. The Morgan fingerprint density at radius 2 is 2.25 bits per heavy atom. The average Bonchev–Trinajstić information content (AvgIpc) is 2.50. The van der Waals surface area contributed by atoms with Crippen LogP contribution >= 0.6 is 0 Å². The Balaban J connectivity index is 2.13. The van der Waals surface area contributed by atoms with Gasteiger partial charge in [-0.15, -0.1) is 0 Å². The lowest BCUT2D eigenvalue weighted by Gasteiger charge is -2.22. The van der Waals surface area contributed by atoms with E-state index in [1.54, 1.807) is 7.11 Å². The predicted octanol–water partition coefficient (Wildman–Crippen LogP) is 3.68. The minimum atomic E-state index is 0.171. The largest absolute Gasteiger partial charge is 0.493 e. The number of benzene rings is 1. The zero-order valence-electron chi connectivity index (χ0n) is 12.5. The molecule has 0 aromatic heterocycles. The molecule has 0 fully saturated rings. The van der Waals surface area contributed by atoms with Crippen molar-refractivity contribution in [2.75, 3.05) is 13.7 Å². The van der Waals surface area contributed by atoms with Crippen molar-refractivity contribution >= 4 is 0 Å². The lowest BCUT2D eigenvalue weighted by atomic mass is 10.1. The molecule has 20 heavy (non-hydrogen) atoms. The van der Waals surface area contributed by atoms with E-state index in [0.717, 1.165) is 49.4 Å². The summed E-state index contributed by atoms with van der Waals surface area (Å²) in [6, 6.07) is 6.09. The Bertz CT molecular complexity index is 443. The Labute approximate surface area is 122 Å². The van der Waals surface area contributed by atoms with E-state index in [9.17, 15) is 0 Å². The third-order valence-electron chi connectivity index (χ3n) is 3.50. The van der Waals surface area contributed by atoms with Gasteiger partial charge in [0.15, 0.2) is 11.5 Å². The molecule has 1 aromatic rings. The van der Waals surface area contributed by atoms with E-state index in [0.29, 0.717) is 0 Å². The monoisotopic (exact) mass is 275 g/mol. The van der Waals surface area contributed by atoms with Gasteiger partial charge in [-0.2, -0.15) is 0 Å². The first-order chi connectivity index (χ1) is 9.85. The van der Waals surface area contributed by atoms with Crippen molar-refractivity contribution < 1.29 is 9.47 Å². The van der Waals surface area contributed by atoms with Crippen molar-refractivity contribution in [3.63, 3.8) is 0 Å². The van der Waals surface area contributed by atoms with Gasteiger partial charge in [0.1, 0.15) is 6.10 Å². The number of allylic oxidation sites excluding steroid dienone is 1. The van der Waals surface area contributed by atoms with Crippen LogP contribution in [0.25, 0.3) is 0 Å². The minimum Gasteiger partial charge on any atom is -0.493 e. The fraction of sp³-hybridized carbons (Fsp3) is 0.529. The van der Waals surface area contributed by atoms with Crippen LogP contribution in [-0.4, -0.2) is 19.8 Å². The van der Waals surface area contributed by atoms with Gasteiger partial charge >= 0.3 is 0 Å². The van der Waals surface area contributed by atoms with Gasteiger partial charge in [-0.05, 0) is 44.4 Å². The molecule has 0 aliphatic heterocycles.